The third-order valence-electron chi connectivity index (χ3n) is 4.51. The molecule has 4 N–H and O–H groups in total. The molecule has 2 fully saturated rings. The van der Waals surface area contributed by atoms with Crippen LogP contribution in [0.1, 0.15) is 23.2 Å². The van der Waals surface area contributed by atoms with Crippen LogP contribution in [0, 0.1) is 11.3 Å². The van der Waals surface area contributed by atoms with Gasteiger partial charge in [0.25, 0.3) is 5.91 Å². The van der Waals surface area contributed by atoms with Crippen molar-refractivity contribution in [3.05, 3.63) is 29.8 Å². The maximum absolute atomic E-state index is 12.5. The van der Waals surface area contributed by atoms with Crippen molar-refractivity contribution in [2.45, 2.75) is 29.3 Å². The van der Waals surface area contributed by atoms with Gasteiger partial charge >= 0.3 is 0 Å². The van der Waals surface area contributed by atoms with Crippen molar-refractivity contribution in [2.75, 3.05) is 26.2 Å². The van der Waals surface area contributed by atoms with Gasteiger partial charge in [0.15, 0.2) is 0 Å². The highest BCUT2D eigenvalue weighted by Gasteiger charge is 2.35. The summed E-state index contributed by atoms with van der Waals surface area (Å²) in [5.74, 6) is -0.454. The quantitative estimate of drug-likeness (QED) is 0.549. The van der Waals surface area contributed by atoms with Crippen molar-refractivity contribution in [1.82, 2.24) is 20.7 Å². The highest BCUT2D eigenvalue weighted by molar-refractivity contribution is 7.89. The van der Waals surface area contributed by atoms with E-state index in [2.05, 4.69) is 26.7 Å². The van der Waals surface area contributed by atoms with Crippen molar-refractivity contribution < 1.29 is 13.2 Å². The molecule has 0 radical (unpaired) electrons. The topological polar surface area (TPSA) is 123 Å². The number of nitrogens with one attached hydrogen (secondary N) is 4. The summed E-state index contributed by atoms with van der Waals surface area (Å²) in [5, 5.41) is 18.2. The number of hydrogen-bond acceptors (Lipinski definition) is 6. The second kappa shape index (κ2) is 7.09. The fraction of sp³-hybridized carbons (Fsp3) is 0.500. The molecule has 2 saturated heterocycles. The number of hydrogen-bond donors (Lipinski definition) is 4. The van der Waals surface area contributed by atoms with E-state index < -0.39 is 21.5 Å². The van der Waals surface area contributed by atoms with Gasteiger partial charge in [0, 0.05) is 24.7 Å². The summed E-state index contributed by atoms with van der Waals surface area (Å²) in [5.41, 5.74) is -0.728. The molecule has 8 nitrogen and oxygen atoms in total. The molecular weight excluding hydrogens is 342 g/mol. The molecule has 0 unspecified atom stereocenters. The number of sulfonamides is 1. The summed E-state index contributed by atoms with van der Waals surface area (Å²) in [4.78, 5) is 12.5. The first-order chi connectivity index (χ1) is 11.9. The van der Waals surface area contributed by atoms with Crippen LogP contribution in [0.2, 0.25) is 0 Å². The second-order valence-electron chi connectivity index (χ2n) is 6.41. The lowest BCUT2D eigenvalue weighted by molar-refractivity contribution is 0.0924. The third-order valence-corrected chi connectivity index (χ3v) is 6.03. The number of amides is 1. The Hall–Kier alpha value is -1.99. The average Bonchev–Trinajstić information content (AvgIpc) is 3.27. The molecule has 2 aliphatic rings. The zero-order valence-corrected chi connectivity index (χ0v) is 14.5. The lowest BCUT2D eigenvalue weighted by atomic mass is 10.00. The van der Waals surface area contributed by atoms with Crippen LogP contribution < -0.4 is 20.7 Å². The molecule has 1 aromatic rings. The maximum Gasteiger partial charge on any atom is 0.252 e. The SMILES string of the molecule is N#C[C@@]1(NC(=O)c2cccc(S(=O)(=O)N[C@@H]3CCNC3)c2)CCNC1. The highest BCUT2D eigenvalue weighted by atomic mass is 32.2. The molecule has 2 aliphatic heterocycles. The fourth-order valence-corrected chi connectivity index (χ4v) is 4.37. The molecule has 3 rings (SSSR count). The predicted molar refractivity (Wildman–Crippen MR) is 91.3 cm³/mol. The van der Waals surface area contributed by atoms with E-state index in [1.807, 2.05) is 0 Å². The summed E-state index contributed by atoms with van der Waals surface area (Å²) >= 11 is 0. The minimum absolute atomic E-state index is 0.0441. The van der Waals surface area contributed by atoms with E-state index in [4.69, 9.17) is 0 Å². The molecule has 0 spiro atoms. The Morgan fingerprint density at radius 2 is 2.16 bits per heavy atom. The molecule has 25 heavy (non-hydrogen) atoms. The van der Waals surface area contributed by atoms with Crippen molar-refractivity contribution in [1.29, 1.82) is 5.26 Å². The molecule has 9 heteroatoms. The van der Waals surface area contributed by atoms with E-state index >= 15 is 0 Å². The molecule has 0 saturated carbocycles. The average molecular weight is 363 g/mol. The fourth-order valence-electron chi connectivity index (χ4n) is 3.06. The van der Waals surface area contributed by atoms with E-state index in [9.17, 15) is 18.5 Å². The Kier molecular flexibility index (Phi) is 5.06. The molecule has 1 amide bonds. The van der Waals surface area contributed by atoms with Crippen LogP contribution in [0.25, 0.3) is 0 Å². The van der Waals surface area contributed by atoms with Gasteiger partial charge < -0.3 is 16.0 Å². The van der Waals surface area contributed by atoms with Gasteiger partial charge in [-0.05, 0) is 44.1 Å². The van der Waals surface area contributed by atoms with Gasteiger partial charge in [-0.1, -0.05) is 6.07 Å². The van der Waals surface area contributed by atoms with E-state index in [0.29, 0.717) is 26.1 Å². The van der Waals surface area contributed by atoms with Crippen LogP contribution in [-0.2, 0) is 10.0 Å². The van der Waals surface area contributed by atoms with Crippen LogP contribution in [0.4, 0.5) is 0 Å². The molecule has 0 aromatic heterocycles. The van der Waals surface area contributed by atoms with Gasteiger partial charge in [0.05, 0.1) is 11.0 Å². The zero-order valence-electron chi connectivity index (χ0n) is 13.7. The molecule has 2 atom stereocenters. The van der Waals surface area contributed by atoms with Crippen molar-refractivity contribution in [2.24, 2.45) is 0 Å². The molecule has 0 bridgehead atoms. The third kappa shape index (κ3) is 3.99. The number of carbonyl (C=O) groups is 1. The lowest BCUT2D eigenvalue weighted by Crippen LogP contribution is -2.49. The molecule has 0 aliphatic carbocycles. The van der Waals surface area contributed by atoms with Crippen molar-refractivity contribution >= 4 is 15.9 Å². The lowest BCUT2D eigenvalue weighted by Gasteiger charge is -2.21. The summed E-state index contributed by atoms with van der Waals surface area (Å²) in [6.07, 6.45) is 1.25. The summed E-state index contributed by atoms with van der Waals surface area (Å²) in [6, 6.07) is 7.86. The number of nitrogens with zero attached hydrogens (tertiary/aromatic N) is 1. The van der Waals surface area contributed by atoms with Crippen LogP contribution in [0.5, 0.6) is 0 Å². The summed E-state index contributed by atoms with van der Waals surface area (Å²) in [7, 11) is -3.70. The highest BCUT2D eigenvalue weighted by Crippen LogP contribution is 2.17. The summed E-state index contributed by atoms with van der Waals surface area (Å²) in [6.45, 7) is 2.40. The smallest absolute Gasteiger partial charge is 0.252 e. The Balaban J connectivity index is 1.76. The first-order valence-electron chi connectivity index (χ1n) is 8.22. The van der Waals surface area contributed by atoms with Crippen LogP contribution in [0.15, 0.2) is 29.2 Å². The standard InChI is InChI=1S/C16H21N5O3S/c17-10-16(5-7-19-11-16)20-15(22)12-2-1-3-14(8-12)25(23,24)21-13-4-6-18-9-13/h1-3,8,13,18-19,21H,4-7,9,11H2,(H,20,22)/t13-,16+/m1/s1. The molecule has 134 valence electrons. The number of nitriles is 1. The Morgan fingerprint density at radius 3 is 2.80 bits per heavy atom. The minimum atomic E-state index is -3.70. The van der Waals surface area contributed by atoms with E-state index in [-0.39, 0.29) is 16.5 Å². The molecular formula is C16H21N5O3S. The van der Waals surface area contributed by atoms with Crippen molar-refractivity contribution in [3.8, 4) is 6.07 Å². The normalized spacial score (nSPS) is 26.3. The van der Waals surface area contributed by atoms with E-state index in [1.54, 1.807) is 6.07 Å². The van der Waals surface area contributed by atoms with Gasteiger partial charge in [-0.25, -0.2) is 13.1 Å². The van der Waals surface area contributed by atoms with Gasteiger partial charge in [0.2, 0.25) is 10.0 Å². The first-order valence-corrected chi connectivity index (χ1v) is 9.70. The van der Waals surface area contributed by atoms with Crippen LogP contribution in [0.3, 0.4) is 0 Å². The Labute approximate surface area is 147 Å². The number of carbonyl (C=O) groups excluding carboxylic acids is 1. The van der Waals surface area contributed by atoms with Gasteiger partial charge in [-0.2, -0.15) is 5.26 Å². The van der Waals surface area contributed by atoms with E-state index in [1.165, 1.54) is 18.2 Å². The minimum Gasteiger partial charge on any atom is -0.333 e. The van der Waals surface area contributed by atoms with E-state index in [0.717, 1.165) is 13.0 Å². The summed E-state index contributed by atoms with van der Waals surface area (Å²) < 4.78 is 27.6. The van der Waals surface area contributed by atoms with Gasteiger partial charge in [0.1, 0.15) is 5.54 Å². The second-order valence-corrected chi connectivity index (χ2v) is 8.13. The maximum atomic E-state index is 12.5. The van der Waals surface area contributed by atoms with Gasteiger partial charge in [-0.15, -0.1) is 0 Å². The van der Waals surface area contributed by atoms with Gasteiger partial charge in [-0.3, -0.25) is 4.79 Å². The van der Waals surface area contributed by atoms with Crippen LogP contribution >= 0.6 is 0 Å². The van der Waals surface area contributed by atoms with Crippen LogP contribution in [-0.4, -0.2) is 52.1 Å². The van der Waals surface area contributed by atoms with Crippen molar-refractivity contribution in [3.63, 3.8) is 0 Å². The molecule has 1 aromatic carbocycles. The largest absolute Gasteiger partial charge is 0.333 e. The monoisotopic (exact) mass is 363 g/mol. The number of benzene rings is 1. The molecule has 2 heterocycles. The predicted octanol–water partition coefficient (Wildman–Crippen LogP) is -0.688. The Morgan fingerprint density at radius 1 is 1.32 bits per heavy atom. The first kappa shape index (κ1) is 17.8. The zero-order chi connectivity index (χ0) is 17.9. The Bertz CT molecular complexity index is 790. The number of rotatable bonds is 5.